The van der Waals surface area contributed by atoms with Crippen LogP contribution in [-0.4, -0.2) is 27.2 Å². The molecule has 0 aliphatic carbocycles. The first-order chi connectivity index (χ1) is 11.4. The quantitative estimate of drug-likeness (QED) is 0.755. The highest BCUT2D eigenvalue weighted by Gasteiger charge is 2.09. The lowest BCUT2D eigenvalue weighted by atomic mass is 10.2. The molecule has 0 heterocycles. The van der Waals surface area contributed by atoms with E-state index in [1.54, 1.807) is 48.5 Å². The summed E-state index contributed by atoms with van der Waals surface area (Å²) in [7, 11) is -3.40. The maximum Gasteiger partial charge on any atom is 0.255 e. The number of amides is 1. The molecule has 0 aliphatic rings. The van der Waals surface area contributed by atoms with Crippen LogP contribution in [-0.2, 0) is 10.0 Å². The summed E-state index contributed by atoms with van der Waals surface area (Å²) >= 11 is 0. The third-order valence-electron chi connectivity index (χ3n) is 2.89. The van der Waals surface area contributed by atoms with Gasteiger partial charge in [0.15, 0.2) is 0 Å². The monoisotopic (exact) mass is 346 g/mol. The summed E-state index contributed by atoms with van der Waals surface area (Å²) in [5.41, 5.74) is 1.23. The molecule has 0 unspecified atom stereocenters. The minimum atomic E-state index is -3.40. The second kappa shape index (κ2) is 7.65. The lowest BCUT2D eigenvalue weighted by Gasteiger charge is -2.09. The van der Waals surface area contributed by atoms with Gasteiger partial charge in [0.05, 0.1) is 6.26 Å². The van der Waals surface area contributed by atoms with Crippen LogP contribution in [0.2, 0.25) is 0 Å². The van der Waals surface area contributed by atoms with Crippen LogP contribution in [0.25, 0.3) is 0 Å². The Labute approximate surface area is 141 Å². The summed E-state index contributed by atoms with van der Waals surface area (Å²) in [6.45, 7) is 3.95. The Morgan fingerprint density at radius 2 is 1.88 bits per heavy atom. The summed E-state index contributed by atoms with van der Waals surface area (Å²) in [6, 6.07) is 13.2. The van der Waals surface area contributed by atoms with Gasteiger partial charge in [0, 0.05) is 23.0 Å². The number of rotatable bonds is 7. The van der Waals surface area contributed by atoms with Crippen LogP contribution >= 0.6 is 0 Å². The molecular formula is C17H18N2O4S. The number of ether oxygens (including phenoxy) is 1. The molecule has 126 valence electrons. The number of sulfonamides is 1. The minimum absolute atomic E-state index is 0.327. The normalized spacial score (nSPS) is 10.7. The Morgan fingerprint density at radius 1 is 1.17 bits per heavy atom. The molecule has 0 atom stereocenters. The summed E-state index contributed by atoms with van der Waals surface area (Å²) < 4.78 is 30.3. The van der Waals surface area contributed by atoms with E-state index in [-0.39, 0.29) is 5.91 Å². The number of hydrogen-bond acceptors (Lipinski definition) is 4. The van der Waals surface area contributed by atoms with Gasteiger partial charge in [-0.15, -0.1) is 0 Å². The largest absolute Gasteiger partial charge is 0.489 e. The van der Waals surface area contributed by atoms with E-state index >= 15 is 0 Å². The highest BCUT2D eigenvalue weighted by atomic mass is 32.2. The van der Waals surface area contributed by atoms with Gasteiger partial charge in [-0.05, 0) is 30.3 Å². The van der Waals surface area contributed by atoms with Crippen molar-refractivity contribution >= 4 is 27.3 Å². The maximum atomic E-state index is 12.3. The van der Waals surface area contributed by atoms with Gasteiger partial charge in [-0.2, -0.15) is 0 Å². The Balaban J connectivity index is 2.12. The van der Waals surface area contributed by atoms with Gasteiger partial charge in [-0.1, -0.05) is 24.8 Å². The van der Waals surface area contributed by atoms with Gasteiger partial charge < -0.3 is 10.1 Å². The first-order valence-electron chi connectivity index (χ1n) is 7.10. The topological polar surface area (TPSA) is 84.5 Å². The molecule has 0 spiro atoms. The van der Waals surface area contributed by atoms with Gasteiger partial charge in [-0.25, -0.2) is 8.42 Å². The van der Waals surface area contributed by atoms with Gasteiger partial charge >= 0.3 is 0 Å². The number of benzene rings is 2. The third-order valence-corrected chi connectivity index (χ3v) is 3.49. The fourth-order valence-electron chi connectivity index (χ4n) is 1.96. The molecule has 2 rings (SSSR count). The first kappa shape index (κ1) is 17.6. The summed E-state index contributed by atoms with van der Waals surface area (Å²) in [4.78, 5) is 12.3. The van der Waals surface area contributed by atoms with Gasteiger partial charge in [0.1, 0.15) is 12.4 Å². The van der Waals surface area contributed by atoms with Crippen molar-refractivity contribution in [3.05, 3.63) is 66.7 Å². The van der Waals surface area contributed by atoms with E-state index in [0.29, 0.717) is 29.3 Å². The fourth-order valence-corrected chi connectivity index (χ4v) is 2.52. The van der Waals surface area contributed by atoms with Crippen molar-refractivity contribution in [1.29, 1.82) is 0 Å². The van der Waals surface area contributed by atoms with E-state index in [4.69, 9.17) is 4.74 Å². The zero-order chi connectivity index (χ0) is 17.6. The molecule has 2 aromatic rings. The van der Waals surface area contributed by atoms with Crippen LogP contribution in [0.5, 0.6) is 5.75 Å². The van der Waals surface area contributed by atoms with Crippen molar-refractivity contribution in [3.8, 4) is 5.75 Å². The number of carbonyl (C=O) groups excluding carboxylic acids is 1. The zero-order valence-corrected chi connectivity index (χ0v) is 14.0. The van der Waals surface area contributed by atoms with Crippen molar-refractivity contribution in [2.45, 2.75) is 0 Å². The van der Waals surface area contributed by atoms with E-state index < -0.39 is 10.0 Å². The van der Waals surface area contributed by atoms with Gasteiger partial charge in [0.2, 0.25) is 10.0 Å². The van der Waals surface area contributed by atoms with Crippen molar-refractivity contribution in [3.63, 3.8) is 0 Å². The van der Waals surface area contributed by atoms with E-state index in [0.717, 1.165) is 6.26 Å². The van der Waals surface area contributed by atoms with E-state index in [2.05, 4.69) is 16.6 Å². The molecule has 1 amide bonds. The van der Waals surface area contributed by atoms with E-state index in [9.17, 15) is 13.2 Å². The van der Waals surface area contributed by atoms with E-state index in [1.807, 2.05) is 0 Å². The van der Waals surface area contributed by atoms with Crippen LogP contribution in [0, 0.1) is 0 Å². The second-order valence-corrected chi connectivity index (χ2v) is 6.79. The molecule has 24 heavy (non-hydrogen) atoms. The molecule has 0 fully saturated rings. The highest BCUT2D eigenvalue weighted by Crippen LogP contribution is 2.19. The molecule has 7 heteroatoms. The van der Waals surface area contributed by atoms with Gasteiger partial charge in [-0.3, -0.25) is 9.52 Å². The van der Waals surface area contributed by atoms with E-state index in [1.165, 1.54) is 6.07 Å². The molecule has 6 nitrogen and oxygen atoms in total. The predicted octanol–water partition coefficient (Wildman–Crippen LogP) is 2.88. The Bertz CT molecular complexity index is 847. The fraction of sp³-hybridized carbons (Fsp3) is 0.118. The summed E-state index contributed by atoms with van der Waals surface area (Å²) in [5.74, 6) is 0.258. The Hall–Kier alpha value is -2.80. The van der Waals surface area contributed by atoms with Crippen molar-refractivity contribution in [2.24, 2.45) is 0 Å². The van der Waals surface area contributed by atoms with Crippen molar-refractivity contribution < 1.29 is 17.9 Å². The summed E-state index contributed by atoms with van der Waals surface area (Å²) in [5, 5.41) is 2.74. The highest BCUT2D eigenvalue weighted by molar-refractivity contribution is 7.92. The molecule has 0 aromatic heterocycles. The summed E-state index contributed by atoms with van der Waals surface area (Å²) in [6.07, 6.45) is 2.68. The maximum absolute atomic E-state index is 12.3. The average molecular weight is 346 g/mol. The molecule has 0 saturated heterocycles. The lowest BCUT2D eigenvalue weighted by Crippen LogP contribution is -2.14. The molecule has 2 aromatic carbocycles. The second-order valence-electron chi connectivity index (χ2n) is 5.04. The Morgan fingerprint density at radius 3 is 2.58 bits per heavy atom. The molecule has 2 N–H and O–H groups in total. The SMILES string of the molecule is C=CCOc1cccc(NC(=O)c2cccc(NS(C)(=O)=O)c2)c1. The number of carbonyl (C=O) groups is 1. The molecular weight excluding hydrogens is 328 g/mol. The van der Waals surface area contributed by atoms with Crippen LogP contribution < -0.4 is 14.8 Å². The van der Waals surface area contributed by atoms with Crippen LogP contribution in [0.15, 0.2) is 61.2 Å². The Kier molecular flexibility index (Phi) is 5.59. The molecule has 0 saturated carbocycles. The third kappa shape index (κ3) is 5.44. The molecule has 0 bridgehead atoms. The number of nitrogens with one attached hydrogen (secondary N) is 2. The standard InChI is InChI=1S/C17H18N2O4S/c1-3-10-23-16-9-5-7-14(12-16)18-17(20)13-6-4-8-15(11-13)19-24(2,21)22/h3-9,11-12,19H,1,10H2,2H3,(H,18,20). The number of anilines is 2. The predicted molar refractivity (Wildman–Crippen MR) is 95.0 cm³/mol. The smallest absolute Gasteiger partial charge is 0.255 e. The molecule has 0 aliphatic heterocycles. The van der Waals surface area contributed by atoms with Crippen LogP contribution in [0.1, 0.15) is 10.4 Å². The average Bonchev–Trinajstić information content (AvgIpc) is 2.52. The van der Waals surface area contributed by atoms with Crippen LogP contribution in [0.3, 0.4) is 0 Å². The van der Waals surface area contributed by atoms with Crippen molar-refractivity contribution in [2.75, 3.05) is 22.9 Å². The minimum Gasteiger partial charge on any atom is -0.489 e. The van der Waals surface area contributed by atoms with Crippen LogP contribution in [0.4, 0.5) is 11.4 Å². The first-order valence-corrected chi connectivity index (χ1v) is 8.99. The molecule has 0 radical (unpaired) electrons. The van der Waals surface area contributed by atoms with Gasteiger partial charge in [0.25, 0.3) is 5.91 Å². The van der Waals surface area contributed by atoms with Crippen molar-refractivity contribution in [1.82, 2.24) is 0 Å². The zero-order valence-electron chi connectivity index (χ0n) is 13.2. The number of hydrogen-bond donors (Lipinski definition) is 2. The lowest BCUT2D eigenvalue weighted by molar-refractivity contribution is 0.102.